The van der Waals surface area contributed by atoms with Gasteiger partial charge in [-0.05, 0) is 50.1 Å². The summed E-state index contributed by atoms with van der Waals surface area (Å²) in [7, 11) is 0. The van der Waals surface area contributed by atoms with E-state index in [1.165, 1.54) is 12.3 Å². The highest BCUT2D eigenvalue weighted by molar-refractivity contribution is 6.03. The highest BCUT2D eigenvalue weighted by Gasteiger charge is 2.15. The van der Waals surface area contributed by atoms with Gasteiger partial charge in [-0.1, -0.05) is 19.4 Å². The van der Waals surface area contributed by atoms with Crippen LogP contribution in [0.5, 0.6) is 0 Å². The van der Waals surface area contributed by atoms with Crippen LogP contribution in [-0.2, 0) is 9.53 Å². The molecule has 2 amide bonds. The molecule has 27 heavy (non-hydrogen) atoms. The van der Waals surface area contributed by atoms with Crippen LogP contribution >= 0.6 is 0 Å². The van der Waals surface area contributed by atoms with Crippen LogP contribution in [0.2, 0.25) is 0 Å². The molecule has 7 nitrogen and oxygen atoms in total. The molecule has 2 N–H and O–H groups in total. The van der Waals surface area contributed by atoms with Gasteiger partial charge in [0.2, 0.25) is 0 Å². The van der Waals surface area contributed by atoms with Crippen LogP contribution < -0.4 is 10.6 Å². The molecule has 0 radical (unpaired) electrons. The maximum absolute atomic E-state index is 12.2. The van der Waals surface area contributed by atoms with E-state index in [0.29, 0.717) is 5.69 Å². The number of anilines is 1. The lowest BCUT2D eigenvalue weighted by Gasteiger charge is -2.13. The number of ether oxygens (including phenoxy) is 1. The van der Waals surface area contributed by atoms with Crippen molar-refractivity contribution < 1.29 is 23.5 Å². The number of nitrogens with one attached hydrogen (secondary N) is 2. The summed E-state index contributed by atoms with van der Waals surface area (Å²) >= 11 is 0. The number of benzene rings is 1. The molecule has 0 spiro atoms. The molecule has 0 aliphatic heterocycles. The van der Waals surface area contributed by atoms with E-state index in [1.807, 2.05) is 13.8 Å². The monoisotopic (exact) mass is 372 g/mol. The van der Waals surface area contributed by atoms with Gasteiger partial charge in [0.15, 0.2) is 12.4 Å². The van der Waals surface area contributed by atoms with Crippen molar-refractivity contribution in [1.29, 1.82) is 0 Å². The number of aryl methyl sites for hydroxylation is 1. The number of furan rings is 1. The fourth-order valence-electron chi connectivity index (χ4n) is 2.51. The van der Waals surface area contributed by atoms with Crippen molar-refractivity contribution in [3.63, 3.8) is 0 Å². The van der Waals surface area contributed by atoms with Gasteiger partial charge in [0, 0.05) is 11.7 Å². The predicted molar refractivity (Wildman–Crippen MR) is 101 cm³/mol. The summed E-state index contributed by atoms with van der Waals surface area (Å²) in [6.45, 7) is 5.38. The minimum atomic E-state index is -0.637. The van der Waals surface area contributed by atoms with Gasteiger partial charge in [-0.2, -0.15) is 0 Å². The second-order valence-corrected chi connectivity index (χ2v) is 6.29. The molecule has 7 heteroatoms. The van der Waals surface area contributed by atoms with E-state index in [0.717, 1.165) is 18.4 Å². The first-order valence-electron chi connectivity index (χ1n) is 8.82. The molecule has 1 aromatic carbocycles. The van der Waals surface area contributed by atoms with E-state index < -0.39 is 11.9 Å². The van der Waals surface area contributed by atoms with E-state index in [1.54, 1.807) is 31.2 Å². The molecule has 0 saturated carbocycles. The van der Waals surface area contributed by atoms with Crippen LogP contribution in [0.25, 0.3) is 0 Å². The summed E-state index contributed by atoms with van der Waals surface area (Å²) in [6, 6.07) is 7.97. The first-order valence-corrected chi connectivity index (χ1v) is 8.82. The van der Waals surface area contributed by atoms with Crippen molar-refractivity contribution in [2.45, 2.75) is 39.7 Å². The van der Waals surface area contributed by atoms with Crippen LogP contribution in [0.1, 0.15) is 53.2 Å². The fourth-order valence-corrected chi connectivity index (χ4v) is 2.51. The van der Waals surface area contributed by atoms with Crippen molar-refractivity contribution in [2.24, 2.45) is 0 Å². The molecule has 0 fully saturated rings. The molecule has 0 bridgehead atoms. The zero-order chi connectivity index (χ0) is 19.8. The molecule has 2 aromatic rings. The number of amides is 2. The molecule has 0 unspecified atom stereocenters. The van der Waals surface area contributed by atoms with E-state index in [-0.39, 0.29) is 29.9 Å². The van der Waals surface area contributed by atoms with Crippen molar-refractivity contribution in [2.75, 3.05) is 11.9 Å². The van der Waals surface area contributed by atoms with Gasteiger partial charge < -0.3 is 19.8 Å². The molecule has 1 heterocycles. The lowest BCUT2D eigenvalue weighted by Crippen LogP contribution is -2.35. The molecule has 1 aromatic heterocycles. The third kappa shape index (κ3) is 5.99. The lowest BCUT2D eigenvalue weighted by molar-refractivity contribution is -0.124. The second-order valence-electron chi connectivity index (χ2n) is 6.29. The van der Waals surface area contributed by atoms with Crippen molar-refractivity contribution in [3.05, 3.63) is 53.5 Å². The average Bonchev–Trinajstić information content (AvgIpc) is 3.16. The molecule has 1 atom stereocenters. The van der Waals surface area contributed by atoms with E-state index in [9.17, 15) is 14.4 Å². The summed E-state index contributed by atoms with van der Waals surface area (Å²) in [6.07, 6.45) is 3.22. The minimum absolute atomic E-state index is 0.0315. The molecule has 0 aliphatic carbocycles. The van der Waals surface area contributed by atoms with Gasteiger partial charge in [-0.25, -0.2) is 4.79 Å². The number of esters is 1. The smallest absolute Gasteiger partial charge is 0.338 e. The van der Waals surface area contributed by atoms with Crippen LogP contribution in [-0.4, -0.2) is 30.4 Å². The Bertz CT molecular complexity index is 799. The molecular formula is C20H24N2O5. The van der Waals surface area contributed by atoms with E-state index >= 15 is 0 Å². The quantitative estimate of drug-likeness (QED) is 0.693. The summed E-state index contributed by atoms with van der Waals surface area (Å²) in [4.78, 5) is 36.1. The van der Waals surface area contributed by atoms with Crippen molar-refractivity contribution in [3.8, 4) is 0 Å². The van der Waals surface area contributed by atoms with E-state index in [2.05, 4.69) is 10.6 Å². The summed E-state index contributed by atoms with van der Waals surface area (Å²) in [5.74, 6) is -1.23. The fraction of sp³-hybridized carbons (Fsp3) is 0.350. The first-order chi connectivity index (χ1) is 12.9. The van der Waals surface area contributed by atoms with Gasteiger partial charge in [-0.3, -0.25) is 9.59 Å². The third-order valence-corrected chi connectivity index (χ3v) is 3.93. The average molecular weight is 372 g/mol. The van der Waals surface area contributed by atoms with Gasteiger partial charge >= 0.3 is 5.97 Å². The van der Waals surface area contributed by atoms with Crippen LogP contribution in [0, 0.1) is 6.92 Å². The Kier molecular flexibility index (Phi) is 7.16. The molecule has 2 rings (SSSR count). The van der Waals surface area contributed by atoms with Crippen molar-refractivity contribution in [1.82, 2.24) is 5.32 Å². The number of carbonyl (C=O) groups is 3. The SMILES string of the molecule is CCC[C@@H](C)NC(=O)COC(=O)c1ccc(C)c(NC(=O)c2ccco2)c1. The Balaban J connectivity index is 1.96. The third-order valence-electron chi connectivity index (χ3n) is 3.93. The topological polar surface area (TPSA) is 97.6 Å². The first kappa shape index (κ1) is 20.2. The highest BCUT2D eigenvalue weighted by atomic mass is 16.5. The van der Waals surface area contributed by atoms with Gasteiger partial charge in [0.05, 0.1) is 11.8 Å². The predicted octanol–water partition coefficient (Wildman–Crippen LogP) is 3.30. The number of carbonyl (C=O) groups excluding carboxylic acids is 3. The maximum Gasteiger partial charge on any atom is 0.338 e. The summed E-state index contributed by atoms with van der Waals surface area (Å²) in [5.41, 5.74) is 1.48. The molecule has 0 aliphatic rings. The highest BCUT2D eigenvalue weighted by Crippen LogP contribution is 2.19. The van der Waals surface area contributed by atoms with Gasteiger partial charge in [-0.15, -0.1) is 0 Å². The lowest BCUT2D eigenvalue weighted by atomic mass is 10.1. The van der Waals surface area contributed by atoms with Crippen LogP contribution in [0.15, 0.2) is 41.0 Å². The molecule has 144 valence electrons. The minimum Gasteiger partial charge on any atom is -0.459 e. The van der Waals surface area contributed by atoms with Crippen molar-refractivity contribution >= 4 is 23.5 Å². The molecular weight excluding hydrogens is 348 g/mol. The maximum atomic E-state index is 12.2. The van der Waals surface area contributed by atoms with Gasteiger partial charge in [0.1, 0.15) is 0 Å². The largest absolute Gasteiger partial charge is 0.459 e. The molecule has 0 saturated heterocycles. The second kappa shape index (κ2) is 9.56. The number of rotatable bonds is 8. The zero-order valence-electron chi connectivity index (χ0n) is 15.7. The zero-order valence-corrected chi connectivity index (χ0v) is 15.7. The van der Waals surface area contributed by atoms with E-state index in [4.69, 9.17) is 9.15 Å². The summed E-state index contributed by atoms with van der Waals surface area (Å²) in [5, 5.41) is 5.46. The Labute approximate surface area is 158 Å². The Morgan fingerprint density at radius 1 is 1.22 bits per heavy atom. The van der Waals surface area contributed by atoms with Gasteiger partial charge in [0.25, 0.3) is 11.8 Å². The number of hydrogen-bond acceptors (Lipinski definition) is 5. The number of hydrogen-bond donors (Lipinski definition) is 2. The summed E-state index contributed by atoms with van der Waals surface area (Å²) < 4.78 is 10.1. The Morgan fingerprint density at radius 3 is 2.67 bits per heavy atom. The standard InChI is InChI=1S/C20H24N2O5/c1-4-6-14(3)21-18(23)12-27-20(25)15-9-8-13(2)16(11-15)22-19(24)17-7-5-10-26-17/h5,7-11,14H,4,6,12H2,1-3H3,(H,21,23)(H,22,24)/t14-/m1/s1. The Hall–Kier alpha value is -3.09. The van der Waals surface area contributed by atoms with Crippen LogP contribution in [0.3, 0.4) is 0 Å². The Morgan fingerprint density at radius 2 is 2.00 bits per heavy atom. The van der Waals surface area contributed by atoms with Crippen LogP contribution in [0.4, 0.5) is 5.69 Å². The normalized spacial score (nSPS) is 11.5.